The van der Waals surface area contributed by atoms with Crippen molar-refractivity contribution >= 4 is 34.1 Å². The highest BCUT2D eigenvalue weighted by Crippen LogP contribution is 2.34. The summed E-state index contributed by atoms with van der Waals surface area (Å²) in [4.78, 5) is 12.0. The molecule has 0 saturated heterocycles. The first-order chi connectivity index (χ1) is 11.0. The quantitative estimate of drug-likeness (QED) is 0.720. The van der Waals surface area contributed by atoms with Crippen LogP contribution in [0.5, 0.6) is 0 Å². The van der Waals surface area contributed by atoms with E-state index in [9.17, 15) is 9.18 Å². The lowest BCUT2D eigenvalue weighted by atomic mass is 10.1. The minimum absolute atomic E-state index is 0.00601. The maximum absolute atomic E-state index is 14.8. The topological polar surface area (TPSA) is 90.4 Å². The number of ether oxygens (including phenoxy) is 1. The zero-order chi connectivity index (χ0) is 16.6. The third-order valence-corrected chi connectivity index (χ3v) is 3.54. The molecule has 0 saturated carbocycles. The molecule has 7 heteroatoms. The van der Waals surface area contributed by atoms with Crippen molar-refractivity contribution in [3.05, 3.63) is 47.3 Å². The Morgan fingerprint density at radius 1 is 1.39 bits per heavy atom. The van der Waals surface area contributed by atoms with E-state index in [2.05, 4.69) is 10.5 Å². The highest BCUT2D eigenvalue weighted by atomic mass is 19.1. The highest BCUT2D eigenvalue weighted by Gasteiger charge is 2.23. The van der Waals surface area contributed by atoms with Gasteiger partial charge in [0.15, 0.2) is 11.6 Å². The van der Waals surface area contributed by atoms with Crippen molar-refractivity contribution in [1.82, 2.24) is 5.16 Å². The lowest BCUT2D eigenvalue weighted by Gasteiger charge is -2.13. The predicted molar refractivity (Wildman–Crippen MR) is 84.2 cm³/mol. The average Bonchev–Trinajstić information content (AvgIpc) is 2.92. The number of hydrogen-bond donors (Lipinski definition) is 2. The average molecular weight is 315 g/mol. The Morgan fingerprint density at radius 3 is 2.83 bits per heavy atom. The number of esters is 1. The third-order valence-electron chi connectivity index (χ3n) is 3.54. The number of carbonyl (C=O) groups excluding carboxylic acids is 1. The molecule has 2 aromatic carbocycles. The van der Waals surface area contributed by atoms with Crippen LogP contribution in [0.4, 0.5) is 21.6 Å². The molecule has 3 N–H and O–H groups in total. The molecular weight excluding hydrogens is 301 g/mol. The molecule has 3 rings (SSSR count). The van der Waals surface area contributed by atoms with Gasteiger partial charge in [0, 0.05) is 5.69 Å². The molecule has 0 spiro atoms. The van der Waals surface area contributed by atoms with Crippen LogP contribution in [0.3, 0.4) is 0 Å². The SMILES string of the molecule is COC(=O)c1cc2c(N)noc2c(F)c1Nc1ccccc1C. The summed E-state index contributed by atoms with van der Waals surface area (Å²) in [5.41, 5.74) is 7.03. The number of nitrogen functional groups attached to an aromatic ring is 1. The number of halogens is 1. The van der Waals surface area contributed by atoms with E-state index in [0.717, 1.165) is 5.56 Å². The Labute approximate surface area is 131 Å². The number of methoxy groups -OCH3 is 1. The molecule has 0 aliphatic heterocycles. The van der Waals surface area contributed by atoms with Crippen molar-refractivity contribution < 1.29 is 18.4 Å². The van der Waals surface area contributed by atoms with Crippen molar-refractivity contribution in [3.8, 4) is 0 Å². The molecule has 0 amide bonds. The molecule has 0 atom stereocenters. The van der Waals surface area contributed by atoms with E-state index >= 15 is 0 Å². The molecule has 0 bridgehead atoms. The molecule has 0 aliphatic rings. The highest BCUT2D eigenvalue weighted by molar-refractivity contribution is 6.03. The Kier molecular flexibility index (Phi) is 3.61. The zero-order valence-corrected chi connectivity index (χ0v) is 12.5. The normalized spacial score (nSPS) is 10.7. The Balaban J connectivity index is 2.23. The van der Waals surface area contributed by atoms with Crippen LogP contribution in [-0.4, -0.2) is 18.2 Å². The van der Waals surface area contributed by atoms with Gasteiger partial charge in [-0.25, -0.2) is 9.18 Å². The summed E-state index contributed by atoms with van der Waals surface area (Å²) < 4.78 is 24.4. The van der Waals surface area contributed by atoms with Gasteiger partial charge in [0.05, 0.1) is 23.7 Å². The van der Waals surface area contributed by atoms with Gasteiger partial charge in [0.25, 0.3) is 0 Å². The zero-order valence-electron chi connectivity index (χ0n) is 12.5. The molecule has 0 radical (unpaired) electrons. The van der Waals surface area contributed by atoms with Gasteiger partial charge in [0.2, 0.25) is 5.58 Å². The van der Waals surface area contributed by atoms with Gasteiger partial charge >= 0.3 is 5.97 Å². The van der Waals surface area contributed by atoms with Gasteiger partial charge in [-0.15, -0.1) is 0 Å². The van der Waals surface area contributed by atoms with E-state index in [0.29, 0.717) is 5.69 Å². The molecule has 0 aliphatic carbocycles. The Hall–Kier alpha value is -3.09. The Morgan fingerprint density at radius 2 is 2.13 bits per heavy atom. The van der Waals surface area contributed by atoms with Gasteiger partial charge in [0.1, 0.15) is 0 Å². The molecular formula is C16H14FN3O3. The van der Waals surface area contributed by atoms with Crippen LogP contribution in [0.1, 0.15) is 15.9 Å². The van der Waals surface area contributed by atoms with Crippen LogP contribution < -0.4 is 11.1 Å². The second kappa shape index (κ2) is 5.60. The van der Waals surface area contributed by atoms with Crippen LogP contribution in [0, 0.1) is 12.7 Å². The second-order valence-corrected chi connectivity index (χ2v) is 4.99. The second-order valence-electron chi connectivity index (χ2n) is 4.99. The summed E-state index contributed by atoms with van der Waals surface area (Å²) in [7, 11) is 1.22. The number of aryl methyl sites for hydroxylation is 1. The molecule has 6 nitrogen and oxygen atoms in total. The number of rotatable bonds is 3. The fourth-order valence-corrected chi connectivity index (χ4v) is 2.30. The lowest BCUT2D eigenvalue weighted by molar-refractivity contribution is 0.0601. The first kappa shape index (κ1) is 14.8. The number of fused-ring (bicyclic) bond motifs is 1. The van der Waals surface area contributed by atoms with Gasteiger partial charge in [-0.2, -0.15) is 0 Å². The summed E-state index contributed by atoms with van der Waals surface area (Å²) in [5.74, 6) is -1.44. The van der Waals surface area contributed by atoms with Gasteiger partial charge in [-0.3, -0.25) is 0 Å². The number of benzene rings is 2. The van der Waals surface area contributed by atoms with Crippen molar-refractivity contribution in [1.29, 1.82) is 0 Å². The first-order valence-electron chi connectivity index (χ1n) is 6.81. The molecule has 1 aromatic heterocycles. The first-order valence-corrected chi connectivity index (χ1v) is 6.81. The molecule has 118 valence electrons. The van der Waals surface area contributed by atoms with Gasteiger partial charge in [-0.05, 0) is 24.6 Å². The molecule has 23 heavy (non-hydrogen) atoms. The van der Waals surface area contributed by atoms with Crippen LogP contribution in [0.15, 0.2) is 34.9 Å². The lowest BCUT2D eigenvalue weighted by Crippen LogP contribution is -2.08. The smallest absolute Gasteiger partial charge is 0.340 e. The van der Waals surface area contributed by atoms with Crippen LogP contribution >= 0.6 is 0 Å². The number of aromatic nitrogens is 1. The molecule has 0 unspecified atom stereocenters. The summed E-state index contributed by atoms with van der Waals surface area (Å²) in [6, 6.07) is 8.70. The van der Waals surface area contributed by atoms with Crippen molar-refractivity contribution in [2.24, 2.45) is 0 Å². The fourth-order valence-electron chi connectivity index (χ4n) is 2.30. The number of carbonyl (C=O) groups is 1. The van der Waals surface area contributed by atoms with E-state index < -0.39 is 11.8 Å². The molecule has 3 aromatic rings. The molecule has 0 fully saturated rings. The number of nitrogens with zero attached hydrogens (tertiary/aromatic N) is 1. The van der Waals surface area contributed by atoms with Crippen LogP contribution in [-0.2, 0) is 4.74 Å². The van der Waals surface area contributed by atoms with E-state index in [4.69, 9.17) is 15.0 Å². The van der Waals surface area contributed by atoms with Crippen molar-refractivity contribution in [2.75, 3.05) is 18.2 Å². The minimum atomic E-state index is -0.754. The maximum Gasteiger partial charge on any atom is 0.340 e. The van der Waals surface area contributed by atoms with Crippen LogP contribution in [0.2, 0.25) is 0 Å². The van der Waals surface area contributed by atoms with E-state index in [-0.39, 0.29) is 28.0 Å². The number of anilines is 3. The van der Waals surface area contributed by atoms with Gasteiger partial charge < -0.3 is 20.3 Å². The van der Waals surface area contributed by atoms with E-state index in [1.807, 2.05) is 19.1 Å². The molecule has 1 heterocycles. The largest absolute Gasteiger partial charge is 0.465 e. The number of nitrogens with two attached hydrogens (primary N) is 1. The summed E-state index contributed by atoms with van der Waals surface area (Å²) in [6.07, 6.45) is 0. The van der Waals surface area contributed by atoms with Crippen molar-refractivity contribution in [3.63, 3.8) is 0 Å². The summed E-state index contributed by atoms with van der Waals surface area (Å²) in [6.45, 7) is 1.86. The number of hydrogen-bond acceptors (Lipinski definition) is 6. The monoisotopic (exact) mass is 315 g/mol. The number of nitrogens with one attached hydrogen (secondary N) is 1. The van der Waals surface area contributed by atoms with Gasteiger partial charge in [-0.1, -0.05) is 23.4 Å². The number of para-hydroxylation sites is 1. The Bertz CT molecular complexity index is 905. The minimum Gasteiger partial charge on any atom is -0.465 e. The van der Waals surface area contributed by atoms with Crippen LogP contribution in [0.25, 0.3) is 11.0 Å². The van der Waals surface area contributed by atoms with E-state index in [1.165, 1.54) is 13.2 Å². The fraction of sp³-hybridized carbons (Fsp3) is 0.125. The summed E-state index contributed by atoms with van der Waals surface area (Å²) in [5, 5.41) is 6.67. The maximum atomic E-state index is 14.8. The van der Waals surface area contributed by atoms with Crippen molar-refractivity contribution in [2.45, 2.75) is 6.92 Å². The third kappa shape index (κ3) is 2.46. The summed E-state index contributed by atoms with van der Waals surface area (Å²) >= 11 is 0. The predicted octanol–water partition coefficient (Wildman–Crippen LogP) is 3.39. The standard InChI is InChI=1S/C16H14FN3O3/c1-8-5-3-4-6-11(8)19-13-9(16(21)22-2)7-10-14(12(13)17)23-20-15(10)18/h3-7,19H,1-2H3,(H2,18,20). The van der Waals surface area contributed by atoms with E-state index in [1.54, 1.807) is 12.1 Å².